The monoisotopic (exact) mass is 791 g/mol. The number of hydrogen-bond donors (Lipinski definition) is 5. The summed E-state index contributed by atoms with van der Waals surface area (Å²) in [6.45, 7) is 23.5. The Hall–Kier alpha value is -2.15. The number of aliphatic hydroxyl groups excluding tert-OH is 2. The summed E-state index contributed by atoms with van der Waals surface area (Å²) in [5.74, 6) is -0.404. The van der Waals surface area contributed by atoms with Gasteiger partial charge in [0.2, 0.25) is 0 Å². The lowest BCUT2D eigenvalue weighted by atomic mass is 9.41. The molecule has 1 heterocycles. The van der Waals surface area contributed by atoms with Crippen LogP contribution >= 0.6 is 0 Å². The molecule has 3 unspecified atom stereocenters. The highest BCUT2D eigenvalue weighted by Crippen LogP contribution is 2.89. The molecule has 1 saturated heterocycles. The van der Waals surface area contributed by atoms with Crippen molar-refractivity contribution in [2.75, 3.05) is 6.54 Å². The van der Waals surface area contributed by atoms with Gasteiger partial charge in [0.25, 0.3) is 0 Å². The number of hydrogen-bond acceptors (Lipinski definition) is 10. The molecule has 6 fully saturated rings. The topological polar surface area (TPSA) is 173 Å². The lowest BCUT2D eigenvalue weighted by Gasteiger charge is -2.64. The summed E-state index contributed by atoms with van der Waals surface area (Å²) in [5.41, 5.74) is -3.25. The average Bonchev–Trinajstić information content (AvgIpc) is 3.28. The molecule has 5 aliphatic carbocycles. The SMILES string of the molecule is CC(C)(C)OC(=O)NCCC[C@H](NC(=O)OC(C)(C)C)C(=O)O[C@H]1CC[C@]23CC24CC[C@]2(C)[C@@H](C5CC[C@@H](C(C)(C)O)O5)[C@@H](O)C[C@@]2(C)C4C[C@H](O)[C@H]3C1(C)C. The summed E-state index contributed by atoms with van der Waals surface area (Å²) >= 11 is 0. The van der Waals surface area contributed by atoms with E-state index in [1.807, 2.05) is 0 Å². The van der Waals surface area contributed by atoms with E-state index in [9.17, 15) is 29.7 Å². The van der Waals surface area contributed by atoms with Crippen molar-refractivity contribution in [3.05, 3.63) is 0 Å². The second-order valence-corrected chi connectivity index (χ2v) is 22.4. The molecule has 12 nitrogen and oxygen atoms in total. The van der Waals surface area contributed by atoms with Crippen LogP contribution in [0.2, 0.25) is 0 Å². The number of alkyl carbamates (subject to hydrolysis) is 2. The molecule has 0 aromatic heterocycles. The van der Waals surface area contributed by atoms with Crippen LogP contribution in [0, 0.1) is 44.8 Å². The molecule has 5 N–H and O–H groups in total. The van der Waals surface area contributed by atoms with Crippen molar-refractivity contribution in [2.24, 2.45) is 44.8 Å². The van der Waals surface area contributed by atoms with Crippen LogP contribution in [-0.4, -0.2) is 93.4 Å². The van der Waals surface area contributed by atoms with E-state index in [1.165, 1.54) is 0 Å². The van der Waals surface area contributed by atoms with Gasteiger partial charge in [-0.15, -0.1) is 0 Å². The van der Waals surface area contributed by atoms with E-state index in [1.54, 1.807) is 55.4 Å². The highest BCUT2D eigenvalue weighted by Gasteiger charge is 2.84. The van der Waals surface area contributed by atoms with Crippen molar-refractivity contribution in [1.82, 2.24) is 10.6 Å². The summed E-state index contributed by atoms with van der Waals surface area (Å²) in [7, 11) is 0. The van der Waals surface area contributed by atoms with Crippen LogP contribution < -0.4 is 10.6 Å². The van der Waals surface area contributed by atoms with Gasteiger partial charge in [0.15, 0.2) is 0 Å². The smallest absolute Gasteiger partial charge is 0.408 e. The predicted molar refractivity (Wildman–Crippen MR) is 210 cm³/mol. The molecule has 2 amide bonds. The first-order chi connectivity index (χ1) is 25.6. The van der Waals surface area contributed by atoms with Crippen LogP contribution in [0.25, 0.3) is 0 Å². The molecule has 2 spiro atoms. The van der Waals surface area contributed by atoms with Crippen molar-refractivity contribution in [3.63, 3.8) is 0 Å². The Labute approximate surface area is 335 Å². The third-order valence-electron chi connectivity index (χ3n) is 15.9. The van der Waals surface area contributed by atoms with Crippen LogP contribution in [0.3, 0.4) is 0 Å². The Morgan fingerprint density at radius 3 is 2.07 bits per heavy atom. The molecule has 0 aromatic carbocycles. The number of carbonyl (C=O) groups is 3. The molecule has 6 aliphatic rings. The minimum atomic E-state index is -0.995. The fraction of sp³-hybridized carbons (Fsp3) is 0.932. The van der Waals surface area contributed by atoms with Crippen molar-refractivity contribution >= 4 is 18.2 Å². The molecule has 0 aromatic rings. The van der Waals surface area contributed by atoms with Gasteiger partial charge < -0.3 is 44.9 Å². The Kier molecular flexibility index (Phi) is 11.1. The number of carbonyl (C=O) groups excluding carboxylic acids is 3. The van der Waals surface area contributed by atoms with Crippen LogP contribution in [-0.2, 0) is 23.7 Å². The summed E-state index contributed by atoms with van der Waals surface area (Å²) in [6.07, 6.45) is 4.92. The maximum atomic E-state index is 14.0. The van der Waals surface area contributed by atoms with Gasteiger partial charge in [-0.2, -0.15) is 0 Å². The Bertz CT molecular complexity index is 1510. The van der Waals surface area contributed by atoms with Gasteiger partial charge in [-0.3, -0.25) is 0 Å². The van der Waals surface area contributed by atoms with E-state index < -0.39 is 64.7 Å². The normalized spacial score (nSPS) is 41.9. The molecule has 1 aliphatic heterocycles. The van der Waals surface area contributed by atoms with Gasteiger partial charge in [-0.05, 0) is 160 Å². The number of ether oxygens (including phenoxy) is 4. The Balaban J connectivity index is 1.16. The second-order valence-electron chi connectivity index (χ2n) is 22.4. The highest BCUT2D eigenvalue weighted by molar-refractivity contribution is 5.81. The van der Waals surface area contributed by atoms with Gasteiger partial charge in [0, 0.05) is 17.9 Å². The van der Waals surface area contributed by atoms with Crippen LogP contribution in [0.5, 0.6) is 0 Å². The maximum Gasteiger partial charge on any atom is 0.408 e. The van der Waals surface area contributed by atoms with Gasteiger partial charge in [0.1, 0.15) is 23.3 Å². The zero-order valence-corrected chi connectivity index (χ0v) is 36.4. The highest BCUT2D eigenvalue weighted by atomic mass is 16.6. The number of amides is 2. The lowest BCUT2D eigenvalue weighted by molar-refractivity contribution is -0.211. The summed E-state index contributed by atoms with van der Waals surface area (Å²) in [6, 6.07) is -0.995. The van der Waals surface area contributed by atoms with E-state index in [4.69, 9.17) is 18.9 Å². The Morgan fingerprint density at radius 1 is 0.821 bits per heavy atom. The zero-order valence-electron chi connectivity index (χ0n) is 36.4. The lowest BCUT2D eigenvalue weighted by Crippen LogP contribution is -2.62. The standard InChI is InChI=1S/C44H74N2O10/c1-37(2,3)55-35(50)45-21-13-14-25(46-36(51)56-38(4,5)6)34(49)54-30-17-18-44-24-43(44)20-19-41(11)32(28-15-16-31(53-28)40(9,10)52)27(48)23-42(41,12)29(43)22-26(47)33(44)39(30,7)8/h25-33,47-48,52H,13-24H2,1-12H3,(H,45,50)(H,46,51)/t25-,26-,27-,28?,29?,30-,31-,32+,33-,41+,42-,43?,44+/m0/s1. The number of fused-ring (bicyclic) bond motifs is 2. The van der Waals surface area contributed by atoms with Crippen LogP contribution in [0.1, 0.15) is 154 Å². The van der Waals surface area contributed by atoms with Crippen molar-refractivity contribution in [3.8, 4) is 0 Å². The molecule has 5 saturated carbocycles. The van der Waals surface area contributed by atoms with Crippen molar-refractivity contribution in [2.45, 2.75) is 207 Å². The molecular formula is C44H74N2O10. The van der Waals surface area contributed by atoms with E-state index in [0.29, 0.717) is 25.7 Å². The summed E-state index contributed by atoms with van der Waals surface area (Å²) in [4.78, 5) is 39.1. The summed E-state index contributed by atoms with van der Waals surface area (Å²) < 4.78 is 23.7. The zero-order chi connectivity index (χ0) is 41.7. The molecule has 12 heteroatoms. The number of aliphatic hydroxyl groups is 3. The third kappa shape index (κ3) is 7.48. The van der Waals surface area contributed by atoms with Gasteiger partial charge >= 0.3 is 18.2 Å². The summed E-state index contributed by atoms with van der Waals surface area (Å²) in [5, 5.41) is 40.4. The molecule has 0 bridgehead atoms. The number of esters is 1. The van der Waals surface area contributed by atoms with Gasteiger partial charge in [-0.25, -0.2) is 14.4 Å². The first-order valence-electron chi connectivity index (χ1n) is 21.5. The fourth-order valence-electron chi connectivity index (χ4n) is 13.5. The average molecular weight is 791 g/mol. The van der Waals surface area contributed by atoms with Crippen molar-refractivity contribution < 1.29 is 48.7 Å². The second kappa shape index (κ2) is 14.3. The number of nitrogens with one attached hydrogen (secondary N) is 2. The molecule has 0 radical (unpaired) electrons. The Morgan fingerprint density at radius 2 is 1.46 bits per heavy atom. The largest absolute Gasteiger partial charge is 0.460 e. The van der Waals surface area contributed by atoms with E-state index in [-0.39, 0.29) is 64.6 Å². The predicted octanol–water partition coefficient (Wildman–Crippen LogP) is 6.80. The van der Waals surface area contributed by atoms with Crippen LogP contribution in [0.15, 0.2) is 0 Å². The first-order valence-corrected chi connectivity index (χ1v) is 21.5. The fourth-order valence-corrected chi connectivity index (χ4v) is 13.5. The number of rotatable bonds is 9. The quantitative estimate of drug-likeness (QED) is 0.0951. The van der Waals surface area contributed by atoms with E-state index >= 15 is 0 Å². The van der Waals surface area contributed by atoms with Crippen molar-refractivity contribution in [1.29, 1.82) is 0 Å². The van der Waals surface area contributed by atoms with Crippen LogP contribution in [0.4, 0.5) is 9.59 Å². The van der Waals surface area contributed by atoms with Gasteiger partial charge in [0.05, 0.1) is 30.0 Å². The molecular weight excluding hydrogens is 716 g/mol. The minimum Gasteiger partial charge on any atom is -0.460 e. The first kappa shape index (κ1) is 43.4. The maximum absolute atomic E-state index is 14.0. The molecule has 56 heavy (non-hydrogen) atoms. The van der Waals surface area contributed by atoms with E-state index in [2.05, 4.69) is 38.3 Å². The molecule has 13 atom stereocenters. The molecule has 320 valence electrons. The third-order valence-corrected chi connectivity index (χ3v) is 15.9. The minimum absolute atomic E-state index is 0.0244. The van der Waals surface area contributed by atoms with E-state index in [0.717, 1.165) is 38.5 Å². The molecule has 6 rings (SSSR count). The van der Waals surface area contributed by atoms with Gasteiger partial charge in [-0.1, -0.05) is 27.7 Å².